The van der Waals surface area contributed by atoms with Crippen LogP contribution in [0.1, 0.15) is 6.92 Å². The number of ether oxygens (including phenoxy) is 2. The van der Waals surface area contributed by atoms with Gasteiger partial charge < -0.3 is 19.7 Å². The van der Waals surface area contributed by atoms with Crippen LogP contribution in [0, 0.1) is 0 Å². The molecular weight excluding hydrogens is 322 g/mol. The Morgan fingerprint density at radius 1 is 1.56 bits per heavy atom. The molecule has 2 heterocycles. The number of nitrogens with zero attached hydrogens (tertiary/aromatic N) is 2. The summed E-state index contributed by atoms with van der Waals surface area (Å²) in [5, 5.41) is 5.87. The molecular formula is C10H16BrN3O3S. The van der Waals surface area contributed by atoms with Crippen molar-refractivity contribution in [1.29, 1.82) is 0 Å². The number of thiazole rings is 1. The normalized spacial score (nSPS) is 14.8. The highest BCUT2D eigenvalue weighted by Crippen LogP contribution is 2.25. The van der Waals surface area contributed by atoms with Crippen molar-refractivity contribution in [2.45, 2.75) is 6.92 Å². The van der Waals surface area contributed by atoms with Crippen LogP contribution in [-0.2, 0) is 4.74 Å². The summed E-state index contributed by atoms with van der Waals surface area (Å²) in [7, 11) is 0. The van der Waals surface area contributed by atoms with Gasteiger partial charge in [-0.15, -0.1) is 28.3 Å². The molecule has 102 valence electrons. The summed E-state index contributed by atoms with van der Waals surface area (Å²) in [6.45, 7) is 5.78. The zero-order chi connectivity index (χ0) is 12.1. The predicted molar refractivity (Wildman–Crippen MR) is 75.2 cm³/mol. The summed E-state index contributed by atoms with van der Waals surface area (Å²) >= 11 is 1.47. The summed E-state index contributed by atoms with van der Waals surface area (Å²) in [4.78, 5) is 17.5. The lowest BCUT2D eigenvalue weighted by Crippen LogP contribution is -2.43. The molecule has 0 unspecified atom stereocenters. The Bertz CT molecular complexity index is 382. The minimum absolute atomic E-state index is 0. The average molecular weight is 338 g/mol. The van der Waals surface area contributed by atoms with Gasteiger partial charge in [0.1, 0.15) is 0 Å². The van der Waals surface area contributed by atoms with Crippen molar-refractivity contribution < 1.29 is 14.3 Å². The Kier molecular flexibility index (Phi) is 6.37. The van der Waals surface area contributed by atoms with Crippen molar-refractivity contribution in [1.82, 2.24) is 10.3 Å². The Labute approximate surface area is 120 Å². The Morgan fingerprint density at radius 2 is 2.28 bits per heavy atom. The van der Waals surface area contributed by atoms with E-state index in [1.165, 1.54) is 11.3 Å². The van der Waals surface area contributed by atoms with Crippen molar-refractivity contribution in [3.8, 4) is 5.88 Å². The van der Waals surface area contributed by atoms with Crippen LogP contribution in [0.5, 0.6) is 5.88 Å². The quantitative estimate of drug-likeness (QED) is 0.846. The van der Waals surface area contributed by atoms with Crippen molar-refractivity contribution in [2.24, 2.45) is 0 Å². The molecule has 0 atom stereocenters. The van der Waals surface area contributed by atoms with E-state index in [4.69, 9.17) is 4.74 Å². The molecule has 0 aliphatic carbocycles. The maximum Gasteiger partial charge on any atom is 0.515 e. The lowest BCUT2D eigenvalue weighted by molar-refractivity contribution is 0.103. The van der Waals surface area contributed by atoms with Gasteiger partial charge in [-0.3, -0.25) is 0 Å². The number of halogens is 1. The molecule has 1 aromatic heterocycles. The smallest absolute Gasteiger partial charge is 0.434 e. The molecule has 0 aromatic carbocycles. The monoisotopic (exact) mass is 337 g/mol. The zero-order valence-corrected chi connectivity index (χ0v) is 12.6. The SMILES string of the molecule is Br.CCOC(=O)Oc1csc(N2CCNCC2)n1. The zero-order valence-electron chi connectivity index (χ0n) is 10.0. The molecule has 1 fully saturated rings. The summed E-state index contributed by atoms with van der Waals surface area (Å²) in [5.74, 6) is 0.307. The van der Waals surface area contributed by atoms with E-state index >= 15 is 0 Å². The van der Waals surface area contributed by atoms with Gasteiger partial charge in [0, 0.05) is 26.2 Å². The summed E-state index contributed by atoms with van der Waals surface area (Å²) in [5.41, 5.74) is 0. The van der Waals surface area contributed by atoms with Crippen molar-refractivity contribution in [3.63, 3.8) is 0 Å². The van der Waals surface area contributed by atoms with Crippen molar-refractivity contribution >= 4 is 39.6 Å². The minimum atomic E-state index is -0.704. The maximum atomic E-state index is 11.1. The fourth-order valence-corrected chi connectivity index (χ4v) is 2.31. The third kappa shape index (κ3) is 4.11. The highest BCUT2D eigenvalue weighted by atomic mass is 79.9. The molecule has 1 saturated heterocycles. The van der Waals surface area contributed by atoms with Crippen molar-refractivity contribution in [3.05, 3.63) is 5.38 Å². The van der Waals surface area contributed by atoms with Crippen LogP contribution in [0.15, 0.2) is 5.38 Å². The molecule has 18 heavy (non-hydrogen) atoms. The predicted octanol–water partition coefficient (Wildman–Crippen LogP) is 1.67. The van der Waals surface area contributed by atoms with E-state index in [0.29, 0.717) is 12.5 Å². The van der Waals surface area contributed by atoms with Gasteiger partial charge in [-0.05, 0) is 6.92 Å². The molecule has 0 saturated carbocycles. The van der Waals surface area contributed by atoms with Gasteiger partial charge >= 0.3 is 6.16 Å². The van der Waals surface area contributed by atoms with E-state index in [1.54, 1.807) is 12.3 Å². The number of hydrogen-bond donors (Lipinski definition) is 1. The summed E-state index contributed by atoms with van der Waals surface area (Å²) in [6.07, 6.45) is -0.704. The first-order valence-corrected chi connectivity index (χ1v) is 6.43. The van der Waals surface area contributed by atoms with Crippen molar-refractivity contribution in [2.75, 3.05) is 37.7 Å². The first-order chi connectivity index (χ1) is 8.29. The topological polar surface area (TPSA) is 63.7 Å². The van der Waals surface area contributed by atoms with Gasteiger partial charge in [0.15, 0.2) is 5.13 Å². The van der Waals surface area contributed by atoms with E-state index < -0.39 is 6.16 Å². The molecule has 8 heteroatoms. The second-order valence-corrected chi connectivity index (χ2v) is 4.33. The minimum Gasteiger partial charge on any atom is -0.434 e. The van der Waals surface area contributed by atoms with Gasteiger partial charge in [0.2, 0.25) is 5.88 Å². The number of carbonyl (C=O) groups is 1. The van der Waals surface area contributed by atoms with Gasteiger partial charge in [-0.1, -0.05) is 0 Å². The Hall–Kier alpha value is -0.860. The number of rotatable bonds is 3. The van der Waals surface area contributed by atoms with Gasteiger partial charge in [-0.25, -0.2) is 4.79 Å². The molecule has 1 N–H and O–H groups in total. The molecule has 1 aliphatic rings. The first-order valence-electron chi connectivity index (χ1n) is 5.55. The molecule has 0 bridgehead atoms. The van der Waals surface area contributed by atoms with Crippen LogP contribution in [0.2, 0.25) is 0 Å². The van der Waals surface area contributed by atoms with Crippen LogP contribution in [0.25, 0.3) is 0 Å². The largest absolute Gasteiger partial charge is 0.515 e. The van der Waals surface area contributed by atoms with Gasteiger partial charge in [0.25, 0.3) is 0 Å². The number of piperazine rings is 1. The molecule has 2 rings (SSSR count). The molecule has 1 aliphatic heterocycles. The lowest BCUT2D eigenvalue weighted by Gasteiger charge is -2.26. The summed E-state index contributed by atoms with van der Waals surface area (Å²) in [6, 6.07) is 0. The van der Waals surface area contributed by atoms with E-state index in [1.807, 2.05) is 0 Å². The van der Waals surface area contributed by atoms with Crippen LogP contribution < -0.4 is 15.0 Å². The standard InChI is InChI=1S/C10H15N3O3S.BrH/c1-2-15-10(14)16-8-7-17-9(12-8)13-5-3-11-4-6-13;/h7,11H,2-6H2,1H3;1H. The second-order valence-electron chi connectivity index (χ2n) is 3.49. The van der Waals surface area contributed by atoms with E-state index in [-0.39, 0.29) is 17.0 Å². The Morgan fingerprint density at radius 3 is 2.94 bits per heavy atom. The highest BCUT2D eigenvalue weighted by molar-refractivity contribution is 8.93. The van der Waals surface area contributed by atoms with Crippen LogP contribution in [0.3, 0.4) is 0 Å². The average Bonchev–Trinajstić information content (AvgIpc) is 2.79. The highest BCUT2D eigenvalue weighted by Gasteiger charge is 2.15. The fourth-order valence-electron chi connectivity index (χ4n) is 1.53. The van der Waals surface area contributed by atoms with Crippen LogP contribution in [0.4, 0.5) is 9.93 Å². The number of aromatic nitrogens is 1. The molecule has 0 amide bonds. The number of nitrogens with one attached hydrogen (secondary N) is 1. The van der Waals surface area contributed by atoms with Gasteiger partial charge in [-0.2, -0.15) is 4.98 Å². The second kappa shape index (κ2) is 7.55. The number of carbonyl (C=O) groups excluding carboxylic acids is 1. The Balaban J connectivity index is 0.00000162. The van der Waals surface area contributed by atoms with Gasteiger partial charge in [0.05, 0.1) is 12.0 Å². The fraction of sp³-hybridized carbons (Fsp3) is 0.600. The van der Waals surface area contributed by atoms with Crippen LogP contribution in [-0.4, -0.2) is 43.9 Å². The molecule has 6 nitrogen and oxygen atoms in total. The first kappa shape index (κ1) is 15.2. The number of hydrogen-bond acceptors (Lipinski definition) is 7. The third-order valence-corrected chi connectivity index (χ3v) is 3.19. The molecule has 0 spiro atoms. The van der Waals surface area contributed by atoms with E-state index in [2.05, 4.69) is 19.9 Å². The van der Waals surface area contributed by atoms with E-state index in [0.717, 1.165) is 31.3 Å². The number of anilines is 1. The third-order valence-electron chi connectivity index (χ3n) is 2.31. The van der Waals surface area contributed by atoms with Crippen LogP contribution >= 0.6 is 28.3 Å². The maximum absolute atomic E-state index is 11.1. The van der Waals surface area contributed by atoms with E-state index in [9.17, 15) is 4.79 Å². The molecule has 0 radical (unpaired) electrons. The summed E-state index contributed by atoms with van der Waals surface area (Å²) < 4.78 is 9.60. The molecule has 1 aromatic rings. The lowest BCUT2D eigenvalue weighted by atomic mass is 10.4.